The van der Waals surface area contributed by atoms with Gasteiger partial charge in [-0.05, 0) is 20.6 Å². The first-order valence-electron chi connectivity index (χ1n) is 5.83. The van der Waals surface area contributed by atoms with Crippen LogP contribution in [0, 0.1) is 6.92 Å². The van der Waals surface area contributed by atoms with Gasteiger partial charge in [0.2, 0.25) is 0 Å². The second-order valence-corrected chi connectivity index (χ2v) is 5.16. The van der Waals surface area contributed by atoms with E-state index in [0.717, 1.165) is 13.0 Å². The Labute approximate surface area is 130 Å². The van der Waals surface area contributed by atoms with Gasteiger partial charge >= 0.3 is 17.1 Å². The zero-order chi connectivity index (χ0) is 12.7. The summed E-state index contributed by atoms with van der Waals surface area (Å²) >= 11 is 3.58. The van der Waals surface area contributed by atoms with Crippen LogP contribution in [-0.2, 0) is 23.5 Å². The third-order valence-electron chi connectivity index (χ3n) is 2.55. The van der Waals surface area contributed by atoms with Crippen molar-refractivity contribution in [1.29, 1.82) is 0 Å². The van der Waals surface area contributed by atoms with Crippen molar-refractivity contribution in [1.82, 2.24) is 4.90 Å². The first-order valence-corrected chi connectivity index (χ1v) is 6.62. The van der Waals surface area contributed by atoms with E-state index in [2.05, 4.69) is 54.0 Å². The van der Waals surface area contributed by atoms with Gasteiger partial charge in [0.15, 0.2) is 0 Å². The van der Waals surface area contributed by atoms with E-state index in [1.54, 1.807) is 0 Å². The topological polar surface area (TPSA) is 3.24 Å². The molecular weight excluding hydrogens is 330 g/mol. The Hall–Kier alpha value is -0.341. The van der Waals surface area contributed by atoms with Crippen LogP contribution in [0.2, 0.25) is 0 Å². The fourth-order valence-corrected chi connectivity index (χ4v) is 1.95. The minimum absolute atomic E-state index is 0. The Kier molecular flexibility index (Phi) is 9.39. The number of aryl methyl sites for hydroxylation is 1. The number of halogens is 1. The van der Waals surface area contributed by atoms with E-state index in [0.29, 0.717) is 0 Å². The number of nitrogens with zero attached hydrogens (tertiary/aromatic N) is 1. The number of rotatable bonds is 3. The van der Waals surface area contributed by atoms with Crippen molar-refractivity contribution in [3.8, 4) is 0 Å². The first kappa shape index (κ1) is 17.7. The van der Waals surface area contributed by atoms with Crippen molar-refractivity contribution >= 4 is 15.9 Å². The second kappa shape index (κ2) is 9.57. The molecule has 0 saturated heterocycles. The van der Waals surface area contributed by atoms with Crippen molar-refractivity contribution in [2.45, 2.75) is 13.3 Å². The first-order chi connectivity index (χ1) is 8.11. The summed E-state index contributed by atoms with van der Waals surface area (Å²) < 4.78 is 1.28. The summed E-state index contributed by atoms with van der Waals surface area (Å²) in [5.74, 6) is 0. The van der Waals surface area contributed by atoms with Crippen molar-refractivity contribution in [2.24, 2.45) is 0 Å². The SMILES string of the molecule is C[c-]1ccc(CCN(C)C)c1Br.[Fe+2].c1cc[cH-]c1. The van der Waals surface area contributed by atoms with Crippen molar-refractivity contribution < 1.29 is 17.1 Å². The minimum atomic E-state index is 0. The summed E-state index contributed by atoms with van der Waals surface area (Å²) in [6, 6.07) is 14.4. The fourth-order valence-electron chi connectivity index (χ4n) is 1.48. The van der Waals surface area contributed by atoms with Crippen molar-refractivity contribution in [3.63, 3.8) is 0 Å². The molecule has 0 atom stereocenters. The standard InChI is InChI=1S/C10H15BrN.C5H5.Fe/c1-8-4-5-9(10(8)11)6-7-12(2)3;1-2-4-5-3-1;/h4-5H,6-7H2,1-3H3;1-5H;/q2*-1;+2. The summed E-state index contributed by atoms with van der Waals surface area (Å²) in [6.07, 6.45) is 1.13. The van der Waals surface area contributed by atoms with E-state index in [1.165, 1.54) is 15.6 Å². The number of hydrogen-bond donors (Lipinski definition) is 0. The van der Waals surface area contributed by atoms with Gasteiger partial charge in [-0.25, -0.2) is 18.2 Å². The average molecular weight is 350 g/mol. The van der Waals surface area contributed by atoms with Crippen LogP contribution in [0.25, 0.3) is 0 Å². The van der Waals surface area contributed by atoms with Gasteiger partial charge < -0.3 is 4.90 Å². The molecule has 0 unspecified atom stereocenters. The molecule has 0 aliphatic heterocycles. The van der Waals surface area contributed by atoms with E-state index in [4.69, 9.17) is 0 Å². The summed E-state index contributed by atoms with van der Waals surface area (Å²) in [5.41, 5.74) is 2.75. The third kappa shape index (κ3) is 6.55. The molecule has 1 nitrogen and oxygen atoms in total. The molecule has 0 heterocycles. The van der Waals surface area contributed by atoms with Gasteiger partial charge in [-0.3, -0.25) is 0 Å². The maximum Gasteiger partial charge on any atom is 2.00 e. The molecule has 2 aromatic carbocycles. The van der Waals surface area contributed by atoms with Crippen LogP contribution in [0.5, 0.6) is 0 Å². The van der Waals surface area contributed by atoms with Crippen LogP contribution < -0.4 is 0 Å². The summed E-state index contributed by atoms with van der Waals surface area (Å²) in [7, 11) is 4.20. The maximum absolute atomic E-state index is 3.58. The Balaban J connectivity index is 0.000000405. The normalized spacial score (nSPS) is 9.61. The molecule has 0 spiro atoms. The zero-order valence-electron chi connectivity index (χ0n) is 11.1. The Morgan fingerprint density at radius 2 is 1.89 bits per heavy atom. The number of hydrogen-bond acceptors (Lipinski definition) is 1. The smallest absolute Gasteiger partial charge is 0.310 e. The average Bonchev–Trinajstić information content (AvgIpc) is 2.93. The van der Waals surface area contributed by atoms with E-state index in [-0.39, 0.29) is 17.1 Å². The van der Waals surface area contributed by atoms with Gasteiger partial charge in [-0.1, -0.05) is 33.7 Å². The molecule has 18 heavy (non-hydrogen) atoms. The second-order valence-electron chi connectivity index (χ2n) is 4.37. The predicted molar refractivity (Wildman–Crippen MR) is 78.8 cm³/mol. The monoisotopic (exact) mass is 349 g/mol. The minimum Gasteiger partial charge on any atom is -0.310 e. The van der Waals surface area contributed by atoms with E-state index < -0.39 is 0 Å². The molecule has 3 heteroatoms. The molecule has 0 aliphatic carbocycles. The molecule has 0 aromatic heterocycles. The molecule has 0 bridgehead atoms. The third-order valence-corrected chi connectivity index (χ3v) is 3.68. The van der Waals surface area contributed by atoms with Gasteiger partial charge in [0.05, 0.1) is 0 Å². The van der Waals surface area contributed by atoms with E-state index in [9.17, 15) is 0 Å². The van der Waals surface area contributed by atoms with Crippen LogP contribution in [0.1, 0.15) is 11.1 Å². The molecule has 0 amide bonds. The Morgan fingerprint density at radius 3 is 2.22 bits per heavy atom. The van der Waals surface area contributed by atoms with Gasteiger partial charge in [0.25, 0.3) is 0 Å². The molecule has 2 aromatic rings. The quantitative estimate of drug-likeness (QED) is 0.598. The summed E-state index contributed by atoms with van der Waals surface area (Å²) in [6.45, 7) is 3.24. The number of likely N-dealkylation sites (N-methyl/N-ethyl adjacent to an activating group) is 1. The van der Waals surface area contributed by atoms with Gasteiger partial charge in [0.1, 0.15) is 0 Å². The molecular formula is C15H20BrFeN. The molecule has 0 radical (unpaired) electrons. The van der Waals surface area contributed by atoms with Crippen LogP contribution in [-0.4, -0.2) is 25.5 Å². The summed E-state index contributed by atoms with van der Waals surface area (Å²) in [4.78, 5) is 2.20. The Bertz CT molecular complexity index is 387. The molecule has 0 aliphatic rings. The largest absolute Gasteiger partial charge is 2.00 e. The summed E-state index contributed by atoms with van der Waals surface area (Å²) in [5, 5.41) is 0. The van der Waals surface area contributed by atoms with E-state index >= 15 is 0 Å². The Morgan fingerprint density at radius 1 is 1.28 bits per heavy atom. The van der Waals surface area contributed by atoms with E-state index in [1.807, 2.05) is 30.3 Å². The molecule has 2 rings (SSSR count). The molecule has 0 saturated carbocycles. The van der Waals surface area contributed by atoms with Crippen LogP contribution in [0.3, 0.4) is 0 Å². The van der Waals surface area contributed by atoms with Crippen molar-refractivity contribution in [2.75, 3.05) is 20.6 Å². The van der Waals surface area contributed by atoms with Crippen LogP contribution >= 0.6 is 15.9 Å². The van der Waals surface area contributed by atoms with Crippen molar-refractivity contribution in [3.05, 3.63) is 58.1 Å². The maximum atomic E-state index is 3.58. The molecule has 0 N–H and O–H groups in total. The van der Waals surface area contributed by atoms with Crippen LogP contribution in [0.15, 0.2) is 46.9 Å². The molecule has 0 fully saturated rings. The van der Waals surface area contributed by atoms with Crippen LogP contribution in [0.4, 0.5) is 0 Å². The van der Waals surface area contributed by atoms with Gasteiger partial charge in [-0.15, -0.1) is 5.56 Å². The predicted octanol–water partition coefficient (Wildman–Crippen LogP) is 3.98. The molecule has 100 valence electrons. The zero-order valence-corrected chi connectivity index (χ0v) is 13.8. The van der Waals surface area contributed by atoms with Gasteiger partial charge in [0, 0.05) is 0 Å². The van der Waals surface area contributed by atoms with Gasteiger partial charge in [-0.2, -0.15) is 29.8 Å². The fraction of sp³-hybridized carbons (Fsp3) is 0.333.